The van der Waals surface area contributed by atoms with Gasteiger partial charge in [-0.2, -0.15) is 0 Å². The maximum Gasteiger partial charge on any atom is 0.256 e. The second-order valence-corrected chi connectivity index (χ2v) is 15.7. The van der Waals surface area contributed by atoms with Crippen LogP contribution in [-0.2, 0) is 14.3 Å². The van der Waals surface area contributed by atoms with Crippen molar-refractivity contribution in [2.45, 2.75) is 141 Å². The van der Waals surface area contributed by atoms with E-state index in [4.69, 9.17) is 4.74 Å². The largest absolute Gasteiger partial charge is 0.368 e. The maximum atomic E-state index is 14.6. The molecule has 5 aliphatic rings. The van der Waals surface area contributed by atoms with Crippen LogP contribution in [0.25, 0.3) is 11.1 Å². The molecule has 7 rings (SSSR count). The normalized spacial score (nSPS) is 28.6. The van der Waals surface area contributed by atoms with Crippen molar-refractivity contribution in [3.63, 3.8) is 0 Å². The third kappa shape index (κ3) is 6.97. The van der Waals surface area contributed by atoms with Gasteiger partial charge in [-0.1, -0.05) is 101 Å². The summed E-state index contributed by atoms with van der Waals surface area (Å²) in [6, 6.07) is 15.6. The summed E-state index contributed by atoms with van der Waals surface area (Å²) in [6.45, 7) is 5.84. The third-order valence-corrected chi connectivity index (χ3v) is 12.5. The first-order valence-electron chi connectivity index (χ1n) is 19.4. The number of hydrogen-bond donors (Lipinski definition) is 2. The van der Waals surface area contributed by atoms with E-state index in [0.717, 1.165) is 54.2 Å². The predicted octanol–water partition coefficient (Wildman–Crippen LogP) is 8.27. The molecule has 2 saturated carbocycles. The number of carbonyl (C=O) groups is 2. The fourth-order valence-electron chi connectivity index (χ4n) is 9.81. The van der Waals surface area contributed by atoms with Crippen molar-refractivity contribution in [1.82, 2.24) is 10.6 Å². The van der Waals surface area contributed by atoms with Gasteiger partial charge in [-0.15, -0.1) is 0 Å². The molecule has 2 aromatic rings. The summed E-state index contributed by atoms with van der Waals surface area (Å²) >= 11 is 0. The first-order chi connectivity index (χ1) is 23.4. The SMILES string of the molecule is CC(=O)N1c2ccc(-c3ccc(C4NCC(C5CCCCCCCC5)N4)cc3)cc2N(C(=O)C2OCCC23CCCCCCC3)C[C@@H]1C. The van der Waals surface area contributed by atoms with Gasteiger partial charge in [0.05, 0.1) is 23.6 Å². The van der Waals surface area contributed by atoms with Crippen LogP contribution in [0.15, 0.2) is 42.5 Å². The lowest BCUT2D eigenvalue weighted by Gasteiger charge is -2.43. The standard InChI is InChI=1S/C41H58N4O3/c1-29-28-44(40(47)38-41(24-25-48-38)22-12-8-5-9-13-23-41)37-26-34(20-21-36(37)45(29)30(2)46)31-16-18-33(19-17-31)39-42-27-35(43-39)32-14-10-6-3-4-7-11-15-32/h16-21,26,29,32,35,38-39,42-43H,3-15,22-25,27-28H2,1-2H3/t29-,35?,38?,39?/m0/s1. The highest BCUT2D eigenvalue weighted by atomic mass is 16.5. The predicted molar refractivity (Wildman–Crippen MR) is 194 cm³/mol. The van der Waals surface area contributed by atoms with Crippen LogP contribution in [0.5, 0.6) is 0 Å². The van der Waals surface area contributed by atoms with Gasteiger partial charge in [0, 0.05) is 38.1 Å². The molecule has 260 valence electrons. The molecule has 48 heavy (non-hydrogen) atoms. The first kappa shape index (κ1) is 33.7. The van der Waals surface area contributed by atoms with Crippen molar-refractivity contribution in [1.29, 1.82) is 0 Å². The van der Waals surface area contributed by atoms with Gasteiger partial charge in [-0.25, -0.2) is 0 Å². The Morgan fingerprint density at radius 1 is 0.792 bits per heavy atom. The van der Waals surface area contributed by atoms with Crippen molar-refractivity contribution in [3.05, 3.63) is 48.0 Å². The second-order valence-electron chi connectivity index (χ2n) is 15.7. The van der Waals surface area contributed by atoms with E-state index in [0.29, 0.717) is 19.2 Å². The van der Waals surface area contributed by atoms with Crippen LogP contribution in [0.3, 0.4) is 0 Å². The van der Waals surface area contributed by atoms with Crippen molar-refractivity contribution in [2.75, 3.05) is 29.5 Å². The quantitative estimate of drug-likeness (QED) is 0.347. The average molecular weight is 655 g/mol. The minimum Gasteiger partial charge on any atom is -0.368 e. The monoisotopic (exact) mass is 654 g/mol. The summed E-state index contributed by atoms with van der Waals surface area (Å²) in [5, 5.41) is 7.70. The van der Waals surface area contributed by atoms with Gasteiger partial charge in [0.1, 0.15) is 6.10 Å². The number of nitrogens with zero attached hydrogens (tertiary/aromatic N) is 2. The summed E-state index contributed by atoms with van der Waals surface area (Å²) < 4.78 is 6.34. The number of amides is 2. The van der Waals surface area contributed by atoms with E-state index in [1.54, 1.807) is 6.92 Å². The van der Waals surface area contributed by atoms with Gasteiger partial charge in [0.25, 0.3) is 5.91 Å². The van der Waals surface area contributed by atoms with Gasteiger partial charge < -0.3 is 14.5 Å². The molecule has 2 saturated heterocycles. The summed E-state index contributed by atoms with van der Waals surface area (Å²) in [4.78, 5) is 31.3. The van der Waals surface area contributed by atoms with Crippen molar-refractivity contribution < 1.29 is 14.3 Å². The molecule has 2 amide bonds. The van der Waals surface area contributed by atoms with Gasteiger partial charge in [-0.3, -0.25) is 20.2 Å². The molecule has 7 heteroatoms. The van der Waals surface area contributed by atoms with Gasteiger partial charge >= 0.3 is 0 Å². The number of nitrogens with one attached hydrogen (secondary N) is 2. The topological polar surface area (TPSA) is 73.9 Å². The molecular formula is C41H58N4O3. The number of ether oxygens (including phenoxy) is 1. The molecule has 2 N–H and O–H groups in total. The summed E-state index contributed by atoms with van der Waals surface area (Å²) in [7, 11) is 0. The van der Waals surface area contributed by atoms with E-state index in [-0.39, 0.29) is 29.4 Å². The van der Waals surface area contributed by atoms with Crippen LogP contribution in [0.4, 0.5) is 11.4 Å². The van der Waals surface area contributed by atoms with E-state index < -0.39 is 6.10 Å². The fourth-order valence-corrected chi connectivity index (χ4v) is 9.81. The van der Waals surface area contributed by atoms with Gasteiger partial charge in [0.15, 0.2) is 0 Å². The Balaban J connectivity index is 1.11. The smallest absolute Gasteiger partial charge is 0.256 e. The summed E-state index contributed by atoms with van der Waals surface area (Å²) in [5.41, 5.74) is 5.00. The number of carbonyl (C=O) groups excluding carboxylic acids is 2. The Kier molecular flexibility index (Phi) is 10.6. The lowest BCUT2D eigenvalue weighted by Crippen LogP contribution is -2.55. The zero-order chi connectivity index (χ0) is 33.1. The highest BCUT2D eigenvalue weighted by Crippen LogP contribution is 2.48. The molecule has 4 fully saturated rings. The van der Waals surface area contributed by atoms with E-state index >= 15 is 0 Å². The molecule has 0 bridgehead atoms. The van der Waals surface area contributed by atoms with Crippen LogP contribution in [-0.4, -0.2) is 49.7 Å². The number of benzene rings is 2. The van der Waals surface area contributed by atoms with E-state index in [2.05, 4.69) is 47.0 Å². The van der Waals surface area contributed by atoms with Crippen LogP contribution in [0.2, 0.25) is 0 Å². The molecular weight excluding hydrogens is 596 g/mol. The Hall–Kier alpha value is -2.74. The first-order valence-corrected chi connectivity index (χ1v) is 19.4. The van der Waals surface area contributed by atoms with Crippen LogP contribution in [0, 0.1) is 11.3 Å². The number of fused-ring (bicyclic) bond motifs is 1. The van der Waals surface area contributed by atoms with Gasteiger partial charge in [0.2, 0.25) is 5.91 Å². The second kappa shape index (κ2) is 15.0. The minimum absolute atomic E-state index is 0.00591. The third-order valence-electron chi connectivity index (χ3n) is 12.5. The Morgan fingerprint density at radius 3 is 2.12 bits per heavy atom. The van der Waals surface area contributed by atoms with Gasteiger partial charge in [-0.05, 0) is 73.8 Å². The number of hydrogen-bond acceptors (Lipinski definition) is 5. The average Bonchev–Trinajstić information content (AvgIpc) is 3.76. The van der Waals surface area contributed by atoms with Crippen LogP contribution >= 0.6 is 0 Å². The molecule has 4 atom stereocenters. The van der Waals surface area contributed by atoms with Crippen molar-refractivity contribution >= 4 is 23.2 Å². The summed E-state index contributed by atoms with van der Waals surface area (Å²) in [6.07, 6.45) is 20.0. The van der Waals surface area contributed by atoms with Crippen LogP contribution in [0.1, 0.15) is 128 Å². The Labute approximate surface area is 288 Å². The molecule has 3 unspecified atom stereocenters. The molecule has 7 nitrogen and oxygen atoms in total. The minimum atomic E-state index is -0.412. The maximum absolute atomic E-state index is 14.6. The van der Waals surface area contributed by atoms with E-state index in [9.17, 15) is 9.59 Å². The summed E-state index contributed by atoms with van der Waals surface area (Å²) in [5.74, 6) is 0.839. The highest BCUT2D eigenvalue weighted by molar-refractivity contribution is 6.06. The van der Waals surface area contributed by atoms with E-state index in [1.807, 2.05) is 22.8 Å². The molecule has 3 aliphatic heterocycles. The molecule has 2 aromatic carbocycles. The number of rotatable bonds is 4. The van der Waals surface area contributed by atoms with Crippen molar-refractivity contribution in [2.24, 2.45) is 11.3 Å². The Bertz CT molecular complexity index is 1410. The van der Waals surface area contributed by atoms with Crippen molar-refractivity contribution in [3.8, 4) is 11.1 Å². The Morgan fingerprint density at radius 2 is 1.44 bits per heavy atom. The van der Waals surface area contributed by atoms with Crippen LogP contribution < -0.4 is 20.4 Å². The highest BCUT2D eigenvalue weighted by Gasteiger charge is 2.50. The zero-order valence-electron chi connectivity index (χ0n) is 29.5. The lowest BCUT2D eigenvalue weighted by atomic mass is 9.71. The lowest BCUT2D eigenvalue weighted by molar-refractivity contribution is -0.133. The molecule has 0 radical (unpaired) electrons. The fraction of sp³-hybridized carbons (Fsp3) is 0.659. The molecule has 0 aromatic heterocycles. The molecule has 3 heterocycles. The zero-order valence-corrected chi connectivity index (χ0v) is 29.5. The molecule has 1 spiro atoms. The molecule has 2 aliphatic carbocycles. The number of anilines is 2. The van der Waals surface area contributed by atoms with E-state index in [1.165, 1.54) is 89.0 Å².